The van der Waals surface area contributed by atoms with Crippen LogP contribution < -0.4 is 10.1 Å². The van der Waals surface area contributed by atoms with Gasteiger partial charge in [0.15, 0.2) is 0 Å². The fourth-order valence-electron chi connectivity index (χ4n) is 1.58. The van der Waals surface area contributed by atoms with E-state index in [4.69, 9.17) is 4.74 Å². The fraction of sp³-hybridized carbons (Fsp3) is 0.200. The van der Waals surface area contributed by atoms with Crippen molar-refractivity contribution in [2.45, 2.75) is 20.0 Å². The molecular formula is C15H16N2O2. The molecule has 1 aromatic carbocycles. The second-order valence-electron chi connectivity index (χ2n) is 4.36. The van der Waals surface area contributed by atoms with Crippen molar-refractivity contribution >= 4 is 11.6 Å². The number of carbonyl (C=O) groups excluding carboxylic acids is 1. The lowest BCUT2D eigenvalue weighted by Gasteiger charge is -2.10. The molecule has 4 heteroatoms. The average Bonchev–Trinajstić information content (AvgIpc) is 2.41. The molecule has 1 aromatic heterocycles. The monoisotopic (exact) mass is 256 g/mol. The molecule has 1 amide bonds. The van der Waals surface area contributed by atoms with E-state index in [0.29, 0.717) is 11.4 Å². The number of anilines is 1. The van der Waals surface area contributed by atoms with E-state index in [0.717, 1.165) is 5.75 Å². The number of hydrogen-bond donors (Lipinski definition) is 1. The van der Waals surface area contributed by atoms with Gasteiger partial charge in [0, 0.05) is 11.9 Å². The normalized spacial score (nSPS) is 10.3. The van der Waals surface area contributed by atoms with Crippen molar-refractivity contribution in [2.24, 2.45) is 0 Å². The maximum Gasteiger partial charge on any atom is 0.274 e. The number of amides is 1. The van der Waals surface area contributed by atoms with Gasteiger partial charge in [0.05, 0.1) is 6.10 Å². The van der Waals surface area contributed by atoms with Crippen molar-refractivity contribution in [1.82, 2.24) is 4.98 Å². The highest BCUT2D eigenvalue weighted by Crippen LogP contribution is 2.17. The predicted octanol–water partition coefficient (Wildman–Crippen LogP) is 3.12. The molecular weight excluding hydrogens is 240 g/mol. The summed E-state index contributed by atoms with van der Waals surface area (Å²) in [4.78, 5) is 15.9. The van der Waals surface area contributed by atoms with Crippen LogP contribution in [0.15, 0.2) is 48.7 Å². The highest BCUT2D eigenvalue weighted by Gasteiger charge is 2.06. The SMILES string of the molecule is CC(C)Oc1ccc(NC(=O)c2ccccn2)cc1. The maximum atomic E-state index is 11.9. The first-order valence-electron chi connectivity index (χ1n) is 6.14. The summed E-state index contributed by atoms with van der Waals surface area (Å²) in [5, 5.41) is 2.78. The molecule has 0 bridgehead atoms. The molecule has 1 N–H and O–H groups in total. The van der Waals surface area contributed by atoms with Gasteiger partial charge in [-0.1, -0.05) is 6.07 Å². The van der Waals surface area contributed by atoms with Crippen molar-refractivity contribution in [3.8, 4) is 5.75 Å². The van der Waals surface area contributed by atoms with Gasteiger partial charge in [-0.3, -0.25) is 9.78 Å². The Hall–Kier alpha value is -2.36. The highest BCUT2D eigenvalue weighted by molar-refractivity contribution is 6.02. The minimum atomic E-state index is -0.224. The number of benzene rings is 1. The van der Waals surface area contributed by atoms with E-state index >= 15 is 0 Å². The Labute approximate surface area is 112 Å². The van der Waals surface area contributed by atoms with E-state index in [-0.39, 0.29) is 12.0 Å². The number of nitrogens with one attached hydrogen (secondary N) is 1. The lowest BCUT2D eigenvalue weighted by molar-refractivity contribution is 0.102. The summed E-state index contributed by atoms with van der Waals surface area (Å²) < 4.78 is 5.53. The second kappa shape index (κ2) is 6.00. The first-order chi connectivity index (χ1) is 9.15. The molecule has 0 unspecified atom stereocenters. The molecule has 0 saturated carbocycles. The number of hydrogen-bond acceptors (Lipinski definition) is 3. The van der Waals surface area contributed by atoms with Crippen LogP contribution in [0.4, 0.5) is 5.69 Å². The number of aromatic nitrogens is 1. The van der Waals surface area contributed by atoms with E-state index in [9.17, 15) is 4.79 Å². The van der Waals surface area contributed by atoms with Gasteiger partial charge >= 0.3 is 0 Å². The smallest absolute Gasteiger partial charge is 0.274 e. The molecule has 1 heterocycles. The van der Waals surface area contributed by atoms with E-state index in [2.05, 4.69) is 10.3 Å². The Bertz CT molecular complexity index is 536. The van der Waals surface area contributed by atoms with Gasteiger partial charge in [-0.05, 0) is 50.2 Å². The number of ether oxygens (including phenoxy) is 1. The third-order valence-electron chi connectivity index (χ3n) is 2.38. The molecule has 0 atom stereocenters. The van der Waals surface area contributed by atoms with Crippen molar-refractivity contribution < 1.29 is 9.53 Å². The number of carbonyl (C=O) groups is 1. The quantitative estimate of drug-likeness (QED) is 0.914. The first kappa shape index (κ1) is 13.1. The standard InChI is InChI=1S/C15H16N2O2/c1-11(2)19-13-8-6-12(7-9-13)17-15(18)14-5-3-4-10-16-14/h3-11H,1-2H3,(H,17,18). The Kier molecular flexibility index (Phi) is 4.13. The van der Waals surface area contributed by atoms with Crippen LogP contribution in [0.3, 0.4) is 0 Å². The van der Waals surface area contributed by atoms with Crippen molar-refractivity contribution in [3.05, 3.63) is 54.4 Å². The van der Waals surface area contributed by atoms with E-state index in [1.54, 1.807) is 36.5 Å². The summed E-state index contributed by atoms with van der Waals surface area (Å²) >= 11 is 0. The fourth-order valence-corrected chi connectivity index (χ4v) is 1.58. The molecule has 0 aliphatic rings. The van der Waals surface area contributed by atoms with Crippen LogP contribution in [0.1, 0.15) is 24.3 Å². The third-order valence-corrected chi connectivity index (χ3v) is 2.38. The van der Waals surface area contributed by atoms with Gasteiger partial charge in [0.1, 0.15) is 11.4 Å². The van der Waals surface area contributed by atoms with E-state index in [1.807, 2.05) is 26.0 Å². The molecule has 98 valence electrons. The zero-order valence-electron chi connectivity index (χ0n) is 11.0. The molecule has 2 aromatic rings. The zero-order chi connectivity index (χ0) is 13.7. The van der Waals surface area contributed by atoms with Crippen LogP contribution in [0.25, 0.3) is 0 Å². The highest BCUT2D eigenvalue weighted by atomic mass is 16.5. The van der Waals surface area contributed by atoms with Crippen molar-refractivity contribution in [3.63, 3.8) is 0 Å². The summed E-state index contributed by atoms with van der Waals surface area (Å²) in [5.41, 5.74) is 1.11. The second-order valence-corrected chi connectivity index (χ2v) is 4.36. The van der Waals surface area contributed by atoms with Gasteiger partial charge in [-0.15, -0.1) is 0 Å². The summed E-state index contributed by atoms with van der Waals surface area (Å²) in [7, 11) is 0. The molecule has 0 fully saturated rings. The summed E-state index contributed by atoms with van der Waals surface area (Å²) in [6.45, 7) is 3.94. The van der Waals surface area contributed by atoms with Crippen molar-refractivity contribution in [2.75, 3.05) is 5.32 Å². The van der Waals surface area contributed by atoms with E-state index < -0.39 is 0 Å². The van der Waals surface area contributed by atoms with Gasteiger partial charge < -0.3 is 10.1 Å². The number of rotatable bonds is 4. The lowest BCUT2D eigenvalue weighted by Crippen LogP contribution is -2.13. The molecule has 0 saturated heterocycles. The van der Waals surface area contributed by atoms with Crippen LogP contribution in [0.5, 0.6) is 5.75 Å². The Morgan fingerprint density at radius 2 is 1.89 bits per heavy atom. The number of pyridine rings is 1. The summed E-state index contributed by atoms with van der Waals surface area (Å²) in [6.07, 6.45) is 1.73. The number of nitrogens with zero attached hydrogens (tertiary/aromatic N) is 1. The van der Waals surface area contributed by atoms with Gasteiger partial charge in [0.2, 0.25) is 0 Å². The Morgan fingerprint density at radius 1 is 1.16 bits per heavy atom. The summed E-state index contributed by atoms with van der Waals surface area (Å²) in [6, 6.07) is 12.5. The lowest BCUT2D eigenvalue weighted by atomic mass is 10.2. The van der Waals surface area contributed by atoms with Crippen LogP contribution in [-0.4, -0.2) is 17.0 Å². The topological polar surface area (TPSA) is 51.2 Å². The van der Waals surface area contributed by atoms with Gasteiger partial charge in [-0.25, -0.2) is 0 Å². The average molecular weight is 256 g/mol. The Morgan fingerprint density at radius 3 is 2.47 bits per heavy atom. The van der Waals surface area contributed by atoms with Crippen LogP contribution in [0.2, 0.25) is 0 Å². The van der Waals surface area contributed by atoms with Crippen LogP contribution >= 0.6 is 0 Å². The maximum absolute atomic E-state index is 11.9. The molecule has 0 spiro atoms. The molecule has 2 rings (SSSR count). The van der Waals surface area contributed by atoms with Crippen LogP contribution in [0, 0.1) is 0 Å². The minimum absolute atomic E-state index is 0.133. The predicted molar refractivity (Wildman–Crippen MR) is 74.4 cm³/mol. The molecule has 0 aliphatic heterocycles. The minimum Gasteiger partial charge on any atom is -0.491 e. The van der Waals surface area contributed by atoms with E-state index in [1.165, 1.54) is 0 Å². The van der Waals surface area contributed by atoms with Crippen LogP contribution in [-0.2, 0) is 0 Å². The van der Waals surface area contributed by atoms with Gasteiger partial charge in [0.25, 0.3) is 5.91 Å². The first-order valence-corrected chi connectivity index (χ1v) is 6.14. The molecule has 0 radical (unpaired) electrons. The third kappa shape index (κ3) is 3.81. The van der Waals surface area contributed by atoms with Gasteiger partial charge in [-0.2, -0.15) is 0 Å². The molecule has 4 nitrogen and oxygen atoms in total. The largest absolute Gasteiger partial charge is 0.491 e. The molecule has 0 aliphatic carbocycles. The van der Waals surface area contributed by atoms with Crippen molar-refractivity contribution in [1.29, 1.82) is 0 Å². The summed E-state index contributed by atoms with van der Waals surface area (Å²) in [5.74, 6) is 0.559. The zero-order valence-corrected chi connectivity index (χ0v) is 11.0. The Balaban J connectivity index is 2.02. The molecule has 19 heavy (non-hydrogen) atoms.